The molecule has 0 unspecified atom stereocenters. The average Bonchev–Trinajstić information content (AvgIpc) is 3.18. The maximum Gasteiger partial charge on any atom is 0.230 e. The number of hydrogen-bond acceptors (Lipinski definition) is 5. The van der Waals surface area contributed by atoms with Crippen molar-refractivity contribution in [3.8, 4) is 0 Å². The number of amides is 1. The van der Waals surface area contributed by atoms with Crippen molar-refractivity contribution in [2.45, 2.75) is 45.1 Å². The smallest absolute Gasteiger partial charge is 0.230 e. The molecule has 0 aliphatic carbocycles. The zero-order chi connectivity index (χ0) is 30.3. The number of anilines is 2. The number of nitrogens with two attached hydrogens (primary N) is 1. The van der Waals surface area contributed by atoms with Gasteiger partial charge in [-0.05, 0) is 49.4 Å². The highest BCUT2D eigenvalue weighted by molar-refractivity contribution is 7.13. The van der Waals surface area contributed by atoms with Crippen LogP contribution in [0.5, 0.6) is 0 Å². The van der Waals surface area contributed by atoms with Crippen molar-refractivity contribution in [3.05, 3.63) is 76.1 Å². The minimum atomic E-state index is -2.39. The second-order valence-corrected chi connectivity index (χ2v) is 7.03. The predicted molar refractivity (Wildman–Crippen MR) is 119 cm³/mol. The number of thiazole rings is 1. The van der Waals surface area contributed by atoms with E-state index < -0.39 is 53.8 Å². The first-order valence-corrected chi connectivity index (χ1v) is 9.68. The first-order valence-electron chi connectivity index (χ1n) is 14.4. The number of aliphatic hydroxyl groups is 1. The highest BCUT2D eigenvalue weighted by atomic mass is 32.1. The third-order valence-electron chi connectivity index (χ3n) is 3.79. The normalized spacial score (nSPS) is 17.8. The van der Waals surface area contributed by atoms with E-state index in [4.69, 9.17) is 20.8 Å². The number of aliphatic hydroxyl groups excluding tert-OH is 1. The van der Waals surface area contributed by atoms with E-state index in [1.54, 1.807) is 0 Å². The number of aromatic nitrogens is 1. The van der Waals surface area contributed by atoms with Crippen molar-refractivity contribution < 1.29 is 25.0 Å². The first kappa shape index (κ1) is 10.9. The molecule has 1 amide bonds. The molecule has 1 aromatic heterocycles. The Hall–Kier alpha value is -2.70. The van der Waals surface area contributed by atoms with Crippen molar-refractivity contribution in [2.24, 2.45) is 0 Å². The van der Waals surface area contributed by atoms with Gasteiger partial charge in [0.25, 0.3) is 0 Å². The van der Waals surface area contributed by atoms with Crippen LogP contribution in [0.1, 0.15) is 62.8 Å². The van der Waals surface area contributed by atoms with Gasteiger partial charge in [0.1, 0.15) is 0 Å². The van der Waals surface area contributed by atoms with Crippen molar-refractivity contribution in [1.82, 2.24) is 4.98 Å². The quantitative estimate of drug-likeness (QED) is 0.470. The molecule has 0 aliphatic rings. The van der Waals surface area contributed by atoms with Gasteiger partial charge in [-0.15, -0.1) is 11.3 Å². The molecule has 4 N–H and O–H groups in total. The summed E-state index contributed by atoms with van der Waals surface area (Å²) < 4.78 is 90.0. The van der Waals surface area contributed by atoms with Gasteiger partial charge in [-0.3, -0.25) is 4.79 Å². The molecule has 3 aromatic rings. The number of nitrogens with one attached hydrogen (secondary N) is 1. The summed E-state index contributed by atoms with van der Waals surface area (Å²) in [5.74, 6) is -0.755. The maximum atomic E-state index is 12.5. The molecule has 152 valence electrons. The molecule has 0 radical (unpaired) electrons. The summed E-state index contributed by atoms with van der Waals surface area (Å²) in [4.78, 5) is 16.3. The Labute approximate surface area is 191 Å². The van der Waals surface area contributed by atoms with Crippen LogP contribution in [0.2, 0.25) is 0 Å². The van der Waals surface area contributed by atoms with Gasteiger partial charge in [-0.1, -0.05) is 48.2 Å². The highest BCUT2D eigenvalue weighted by Gasteiger charge is 2.08. The highest BCUT2D eigenvalue weighted by Crippen LogP contribution is 2.21. The van der Waals surface area contributed by atoms with E-state index in [1.807, 2.05) is 0 Å². The Morgan fingerprint density at radius 1 is 1.24 bits per heavy atom. The standard InChI is InChI=1S/C23H27N3O2S/c1-16-6-10-18(11-7-16)21(27)5-3-2-4-17-8-12-19(13-9-17)25-22(28)14-20-15-29-23(24)26-20/h6-13,15,21,27H,2-5,14H2,1H3,(H2,24,26)(H,25,28)/t21-/m0/s1/i4D2,6D,7D,8D,9D,10D,11D,12D,13D,15D. The van der Waals surface area contributed by atoms with E-state index in [9.17, 15) is 9.90 Å². The molecule has 0 saturated heterocycles. The molecular weight excluding hydrogens is 382 g/mol. The molecule has 3 rings (SSSR count). The summed E-state index contributed by atoms with van der Waals surface area (Å²) in [5, 5.41) is 13.0. The first-order chi connectivity index (χ1) is 18.5. The van der Waals surface area contributed by atoms with Gasteiger partial charge in [0, 0.05) is 13.8 Å². The summed E-state index contributed by atoms with van der Waals surface area (Å²) in [6.45, 7) is 1.44. The van der Waals surface area contributed by atoms with Crippen LogP contribution < -0.4 is 11.1 Å². The van der Waals surface area contributed by atoms with E-state index in [1.165, 1.54) is 6.92 Å². The van der Waals surface area contributed by atoms with Gasteiger partial charge in [0.15, 0.2) is 5.13 Å². The predicted octanol–water partition coefficient (Wildman–Crippen LogP) is 4.66. The number of hydrogen-bond donors (Lipinski definition) is 3. The van der Waals surface area contributed by atoms with Crippen molar-refractivity contribution in [2.75, 3.05) is 11.1 Å². The summed E-state index contributed by atoms with van der Waals surface area (Å²) in [6.07, 6.45) is -4.74. The lowest BCUT2D eigenvalue weighted by Gasteiger charge is -2.11. The van der Waals surface area contributed by atoms with Crippen LogP contribution in [0.4, 0.5) is 10.8 Å². The van der Waals surface area contributed by atoms with Gasteiger partial charge in [0.2, 0.25) is 5.91 Å². The Balaban J connectivity index is 1.80. The molecule has 0 spiro atoms. The SMILES string of the molecule is [2H]c1sc(N)nc1CC(=O)Nc1c([2H])c([2H])c(C([2H])([2H])CCC[C@H](O)c2c([2H])c([2H])c(C)c([2H])c2[2H])c([2H])c1[2H]. The fraction of sp³-hybridized carbons (Fsp3) is 0.304. The Kier molecular flexibility index (Phi) is 3.83. The fourth-order valence-electron chi connectivity index (χ4n) is 2.37. The summed E-state index contributed by atoms with van der Waals surface area (Å²) >= 11 is 0.870. The van der Waals surface area contributed by atoms with Crippen LogP contribution >= 0.6 is 11.3 Å². The Bertz CT molecular complexity index is 1420. The molecule has 5 nitrogen and oxygen atoms in total. The van der Waals surface area contributed by atoms with Gasteiger partial charge in [-0.25, -0.2) is 4.98 Å². The molecular formula is C23H27N3O2S. The molecule has 1 atom stereocenters. The number of nitrogens with zero attached hydrogens (tertiary/aromatic N) is 1. The number of carbonyl (C=O) groups excluding carboxylic acids is 1. The lowest BCUT2D eigenvalue weighted by molar-refractivity contribution is -0.115. The van der Waals surface area contributed by atoms with Gasteiger partial charge >= 0.3 is 0 Å². The molecule has 0 fully saturated rings. The third-order valence-corrected chi connectivity index (χ3v) is 4.43. The van der Waals surface area contributed by atoms with E-state index >= 15 is 0 Å². The summed E-state index contributed by atoms with van der Waals surface area (Å²) in [7, 11) is 0. The number of nitrogen functional groups attached to an aromatic ring is 1. The summed E-state index contributed by atoms with van der Waals surface area (Å²) in [6, 6.07) is -4.06. The lowest BCUT2D eigenvalue weighted by Crippen LogP contribution is -2.14. The van der Waals surface area contributed by atoms with Crippen molar-refractivity contribution >= 4 is 28.1 Å². The maximum absolute atomic E-state index is 12.5. The number of carbonyl (C=O) groups is 1. The monoisotopic (exact) mass is 420 g/mol. The largest absolute Gasteiger partial charge is 0.388 e. The molecule has 0 saturated carbocycles. The fourth-order valence-corrected chi connectivity index (χ4v) is 2.86. The van der Waals surface area contributed by atoms with E-state index in [0.717, 1.165) is 11.3 Å². The molecule has 0 aliphatic heterocycles. The van der Waals surface area contributed by atoms with E-state index in [0.29, 0.717) is 0 Å². The number of benzene rings is 2. The van der Waals surface area contributed by atoms with Crippen LogP contribution in [-0.4, -0.2) is 16.0 Å². The zero-order valence-electron chi connectivity index (χ0n) is 26.7. The third kappa shape index (κ3) is 6.69. The van der Waals surface area contributed by atoms with Crippen LogP contribution in [-0.2, 0) is 17.6 Å². The Morgan fingerprint density at radius 3 is 2.62 bits per heavy atom. The van der Waals surface area contributed by atoms with Gasteiger partial charge in [0.05, 0.1) is 30.6 Å². The minimum absolute atomic E-state index is 0.0265. The molecule has 2 aromatic carbocycles. The van der Waals surface area contributed by atoms with Crippen LogP contribution in [0.25, 0.3) is 0 Å². The van der Waals surface area contributed by atoms with Crippen molar-refractivity contribution in [1.29, 1.82) is 0 Å². The van der Waals surface area contributed by atoms with Gasteiger partial charge in [-0.2, -0.15) is 0 Å². The lowest BCUT2D eigenvalue weighted by atomic mass is 10.0. The van der Waals surface area contributed by atoms with E-state index in [2.05, 4.69) is 10.3 Å². The van der Waals surface area contributed by atoms with Gasteiger partial charge < -0.3 is 16.2 Å². The second kappa shape index (κ2) is 10.2. The summed E-state index contributed by atoms with van der Waals surface area (Å²) in [5.41, 5.74) is 4.57. The topological polar surface area (TPSA) is 88.2 Å². The molecule has 6 heteroatoms. The number of rotatable bonds is 9. The zero-order valence-corrected chi connectivity index (χ0v) is 16.5. The Morgan fingerprint density at radius 2 is 1.97 bits per heavy atom. The van der Waals surface area contributed by atoms with E-state index in [-0.39, 0.29) is 77.2 Å². The second-order valence-electron chi connectivity index (χ2n) is 6.20. The molecule has 0 bridgehead atoms. The van der Waals surface area contributed by atoms with Crippen molar-refractivity contribution in [3.63, 3.8) is 0 Å². The average molecular weight is 421 g/mol. The minimum Gasteiger partial charge on any atom is -0.388 e. The molecule has 1 heterocycles. The van der Waals surface area contributed by atoms with Crippen LogP contribution in [0.15, 0.2) is 53.7 Å². The van der Waals surface area contributed by atoms with Crippen LogP contribution in [0.3, 0.4) is 0 Å². The van der Waals surface area contributed by atoms with Crippen LogP contribution in [0, 0.1) is 6.92 Å². The molecule has 29 heavy (non-hydrogen) atoms.